The van der Waals surface area contributed by atoms with Crippen LogP contribution in [0.3, 0.4) is 0 Å². The fourth-order valence-corrected chi connectivity index (χ4v) is 2.23. The van der Waals surface area contributed by atoms with E-state index in [2.05, 4.69) is 15.6 Å². The number of alkyl halides is 3. The Morgan fingerprint density at radius 2 is 1.85 bits per heavy atom. The first-order chi connectivity index (χ1) is 9.29. The van der Waals surface area contributed by atoms with E-state index in [1.807, 2.05) is 6.92 Å². The predicted molar refractivity (Wildman–Crippen MR) is 74.7 cm³/mol. The first kappa shape index (κ1) is 15.5. The van der Waals surface area contributed by atoms with Crippen molar-refractivity contribution >= 4 is 34.8 Å². The molecule has 0 atom stereocenters. The summed E-state index contributed by atoms with van der Waals surface area (Å²) >= 11 is 11.9. The molecule has 0 unspecified atom stereocenters. The minimum atomic E-state index is -4.32. The van der Waals surface area contributed by atoms with Gasteiger partial charge in [0.25, 0.3) is 0 Å². The summed E-state index contributed by atoms with van der Waals surface area (Å²) in [6.07, 6.45) is -3.44. The second kappa shape index (κ2) is 5.48. The highest BCUT2D eigenvalue weighted by molar-refractivity contribution is 6.37. The van der Waals surface area contributed by atoms with Gasteiger partial charge in [0.1, 0.15) is 17.2 Å². The number of nitrogens with one attached hydrogen (secondary N) is 2. The van der Waals surface area contributed by atoms with Crippen LogP contribution in [0, 0.1) is 0 Å². The van der Waals surface area contributed by atoms with Crippen LogP contribution < -0.4 is 10.6 Å². The summed E-state index contributed by atoms with van der Waals surface area (Å²) in [5.41, 5.74) is -1.90. The quantitative estimate of drug-likeness (QED) is 0.821. The lowest BCUT2D eigenvalue weighted by Crippen LogP contribution is -2.39. The summed E-state index contributed by atoms with van der Waals surface area (Å²) in [4.78, 5) is 4.06. The largest absolute Gasteiger partial charge is 0.411 e. The lowest BCUT2D eigenvalue weighted by molar-refractivity contribution is -0.151. The number of anilines is 2. The van der Waals surface area contributed by atoms with E-state index in [0.717, 1.165) is 6.42 Å². The Hall–Kier alpha value is -0.880. The lowest BCUT2D eigenvalue weighted by Gasteiger charge is -2.22. The molecule has 1 fully saturated rings. The van der Waals surface area contributed by atoms with Crippen molar-refractivity contribution in [2.75, 3.05) is 17.2 Å². The molecule has 1 aromatic rings. The molecular formula is C12H14Cl2F3N3. The van der Waals surface area contributed by atoms with Crippen LogP contribution in [0.5, 0.6) is 0 Å². The Bertz CT molecular complexity index is 501. The third kappa shape index (κ3) is 3.06. The standard InChI is InChI=1S/C12H14Cl2F3N3/c1-2-5-18-9-7(13)6-8(14)10(19-9)20-11(3-4-11)12(15,16)17/h6H,2-5H2,1H3,(H2,18,19,20). The third-order valence-corrected chi connectivity index (χ3v) is 3.70. The van der Waals surface area contributed by atoms with E-state index in [4.69, 9.17) is 23.2 Å². The van der Waals surface area contributed by atoms with Crippen LogP contribution in [0.4, 0.5) is 24.8 Å². The van der Waals surface area contributed by atoms with Crippen molar-refractivity contribution in [3.05, 3.63) is 16.1 Å². The van der Waals surface area contributed by atoms with Crippen LogP contribution in [0.15, 0.2) is 6.07 Å². The van der Waals surface area contributed by atoms with Crippen molar-refractivity contribution in [2.24, 2.45) is 0 Å². The van der Waals surface area contributed by atoms with Crippen LogP contribution in [0.1, 0.15) is 26.2 Å². The van der Waals surface area contributed by atoms with Gasteiger partial charge < -0.3 is 10.6 Å². The molecule has 20 heavy (non-hydrogen) atoms. The zero-order chi connectivity index (χ0) is 15.0. The van der Waals surface area contributed by atoms with Crippen molar-refractivity contribution in [1.29, 1.82) is 0 Å². The van der Waals surface area contributed by atoms with E-state index in [1.54, 1.807) is 0 Å². The van der Waals surface area contributed by atoms with Crippen molar-refractivity contribution in [2.45, 2.75) is 37.9 Å². The van der Waals surface area contributed by atoms with Gasteiger partial charge in [-0.15, -0.1) is 0 Å². The topological polar surface area (TPSA) is 37.0 Å². The van der Waals surface area contributed by atoms with E-state index in [0.29, 0.717) is 12.4 Å². The highest BCUT2D eigenvalue weighted by Crippen LogP contribution is 2.51. The predicted octanol–water partition coefficient (Wildman–Crippen LogP) is 4.72. The number of hydrogen-bond donors (Lipinski definition) is 2. The highest BCUT2D eigenvalue weighted by Gasteiger charge is 2.63. The molecule has 0 amide bonds. The molecular weight excluding hydrogens is 314 g/mol. The van der Waals surface area contributed by atoms with Gasteiger partial charge in [-0.05, 0) is 25.3 Å². The Kier molecular flexibility index (Phi) is 4.25. The smallest absolute Gasteiger partial charge is 0.369 e. The van der Waals surface area contributed by atoms with Gasteiger partial charge in [-0.3, -0.25) is 0 Å². The zero-order valence-corrected chi connectivity index (χ0v) is 12.3. The molecule has 0 spiro atoms. The zero-order valence-electron chi connectivity index (χ0n) is 10.7. The van der Waals surface area contributed by atoms with Crippen molar-refractivity contribution < 1.29 is 13.2 Å². The monoisotopic (exact) mass is 327 g/mol. The molecule has 1 saturated carbocycles. The number of halogens is 5. The normalized spacial score (nSPS) is 16.9. The Labute approximate surface area is 124 Å². The molecule has 8 heteroatoms. The molecule has 3 nitrogen and oxygen atoms in total. The molecule has 1 heterocycles. The Morgan fingerprint density at radius 1 is 1.25 bits per heavy atom. The number of aromatic nitrogens is 1. The van der Waals surface area contributed by atoms with Gasteiger partial charge in [0.15, 0.2) is 0 Å². The second-order valence-corrected chi connectivity index (χ2v) is 5.60. The molecule has 2 N–H and O–H groups in total. The van der Waals surface area contributed by atoms with Crippen molar-refractivity contribution in [1.82, 2.24) is 4.98 Å². The van der Waals surface area contributed by atoms with E-state index >= 15 is 0 Å². The number of nitrogens with zero attached hydrogens (tertiary/aromatic N) is 1. The van der Waals surface area contributed by atoms with Crippen LogP contribution in [0.25, 0.3) is 0 Å². The summed E-state index contributed by atoms with van der Waals surface area (Å²) in [5, 5.41) is 5.73. The Morgan fingerprint density at radius 3 is 2.35 bits per heavy atom. The summed E-state index contributed by atoms with van der Waals surface area (Å²) in [6, 6.07) is 1.39. The first-order valence-corrected chi connectivity index (χ1v) is 6.99. The third-order valence-electron chi connectivity index (χ3n) is 3.12. The number of hydrogen-bond acceptors (Lipinski definition) is 3. The molecule has 112 valence electrons. The van der Waals surface area contributed by atoms with Crippen molar-refractivity contribution in [3.8, 4) is 0 Å². The van der Waals surface area contributed by atoms with E-state index < -0.39 is 11.7 Å². The van der Waals surface area contributed by atoms with Gasteiger partial charge in [0.2, 0.25) is 0 Å². The summed E-state index contributed by atoms with van der Waals surface area (Å²) in [5.74, 6) is 0.336. The average molecular weight is 328 g/mol. The lowest BCUT2D eigenvalue weighted by atomic mass is 10.2. The van der Waals surface area contributed by atoms with E-state index in [9.17, 15) is 13.2 Å². The summed E-state index contributed by atoms with van der Waals surface area (Å²) < 4.78 is 38.8. The maximum atomic E-state index is 12.9. The fraction of sp³-hybridized carbons (Fsp3) is 0.583. The molecule has 0 radical (unpaired) electrons. The van der Waals surface area contributed by atoms with Crippen LogP contribution in [-0.2, 0) is 0 Å². The number of rotatable bonds is 5. The van der Waals surface area contributed by atoms with E-state index in [-0.39, 0.29) is 28.7 Å². The minimum absolute atomic E-state index is 0.00416. The molecule has 0 aliphatic heterocycles. The van der Waals surface area contributed by atoms with Gasteiger partial charge >= 0.3 is 6.18 Å². The second-order valence-electron chi connectivity index (χ2n) is 4.78. The SMILES string of the molecule is CCCNc1nc(NC2(C(F)(F)F)CC2)c(Cl)cc1Cl. The molecule has 0 aromatic carbocycles. The van der Waals surface area contributed by atoms with Gasteiger partial charge in [-0.25, -0.2) is 4.98 Å². The highest BCUT2D eigenvalue weighted by atomic mass is 35.5. The minimum Gasteiger partial charge on any atom is -0.369 e. The summed E-state index contributed by atoms with van der Waals surface area (Å²) in [7, 11) is 0. The molecule has 0 bridgehead atoms. The van der Waals surface area contributed by atoms with Crippen LogP contribution in [-0.4, -0.2) is 23.2 Å². The van der Waals surface area contributed by atoms with Crippen LogP contribution >= 0.6 is 23.2 Å². The Balaban J connectivity index is 2.24. The molecule has 1 aliphatic rings. The maximum Gasteiger partial charge on any atom is 0.411 e. The van der Waals surface area contributed by atoms with Gasteiger partial charge in [0.05, 0.1) is 10.0 Å². The van der Waals surface area contributed by atoms with Gasteiger partial charge in [0, 0.05) is 6.54 Å². The van der Waals surface area contributed by atoms with Crippen LogP contribution in [0.2, 0.25) is 10.0 Å². The number of pyridine rings is 1. The average Bonchev–Trinajstić information content (AvgIpc) is 3.11. The molecule has 1 aliphatic carbocycles. The first-order valence-electron chi connectivity index (χ1n) is 6.24. The molecule has 0 saturated heterocycles. The van der Waals surface area contributed by atoms with E-state index in [1.165, 1.54) is 6.07 Å². The van der Waals surface area contributed by atoms with Gasteiger partial charge in [-0.1, -0.05) is 30.1 Å². The maximum absolute atomic E-state index is 12.9. The molecule has 2 rings (SSSR count). The summed E-state index contributed by atoms with van der Waals surface area (Å²) in [6.45, 7) is 2.58. The molecule has 1 aromatic heterocycles. The fourth-order valence-electron chi connectivity index (χ4n) is 1.75. The van der Waals surface area contributed by atoms with Gasteiger partial charge in [-0.2, -0.15) is 13.2 Å². The van der Waals surface area contributed by atoms with Crippen molar-refractivity contribution in [3.63, 3.8) is 0 Å².